The molecule has 2 fully saturated rings. The van der Waals surface area contributed by atoms with E-state index < -0.39 is 38.5 Å². The first-order chi connectivity index (χ1) is 18.5. The van der Waals surface area contributed by atoms with Crippen molar-refractivity contribution in [3.8, 4) is 0 Å². The quantitative estimate of drug-likeness (QED) is 0.208. The lowest BCUT2D eigenvalue weighted by Crippen LogP contribution is -2.46. The van der Waals surface area contributed by atoms with Gasteiger partial charge in [-0.3, -0.25) is 14.4 Å². The Morgan fingerprint density at radius 3 is 2.38 bits per heavy atom. The van der Waals surface area contributed by atoms with Crippen molar-refractivity contribution in [1.82, 2.24) is 5.06 Å². The van der Waals surface area contributed by atoms with Gasteiger partial charge in [-0.05, 0) is 54.7 Å². The number of hydrogen-bond acceptors (Lipinski definition) is 9. The van der Waals surface area contributed by atoms with E-state index in [4.69, 9.17) is 13.8 Å². The summed E-state index contributed by atoms with van der Waals surface area (Å²) in [5.41, 5.74) is -1.21. The maximum absolute atomic E-state index is 13.4. The van der Waals surface area contributed by atoms with Crippen LogP contribution in [0.3, 0.4) is 0 Å². The number of carbonyl (C=O) groups excluding carboxylic acids is 3. The van der Waals surface area contributed by atoms with Crippen molar-refractivity contribution in [2.45, 2.75) is 44.9 Å². The Morgan fingerprint density at radius 2 is 1.72 bits per heavy atom. The zero-order valence-electron chi connectivity index (χ0n) is 22.4. The minimum absolute atomic E-state index is 0.0907. The largest absolute Gasteiger partial charge is 0.379 e. The summed E-state index contributed by atoms with van der Waals surface area (Å²) in [6, 6.07) is 8.45. The fourth-order valence-corrected chi connectivity index (χ4v) is 8.97. The second kappa shape index (κ2) is 10.6. The van der Waals surface area contributed by atoms with E-state index in [1.165, 1.54) is 0 Å². The predicted octanol–water partition coefficient (Wildman–Crippen LogP) is 4.24. The van der Waals surface area contributed by atoms with Crippen LogP contribution in [-0.2, 0) is 28.7 Å². The number of hydroxylamine groups is 2. The number of nitrogens with zero attached hydrogens (tertiary/aromatic N) is 1. The molecule has 2 amide bonds. The van der Waals surface area contributed by atoms with Gasteiger partial charge >= 0.3 is 0 Å². The van der Waals surface area contributed by atoms with Crippen LogP contribution in [0.25, 0.3) is 10.8 Å². The highest BCUT2D eigenvalue weighted by Crippen LogP contribution is 2.64. The molecule has 3 aliphatic rings. The molecule has 0 aromatic heterocycles. The lowest BCUT2D eigenvalue weighted by atomic mass is 9.70. The molecule has 2 aromatic rings. The molecule has 2 atom stereocenters. The first-order valence-corrected chi connectivity index (χ1v) is 15.8. The zero-order chi connectivity index (χ0) is 28.0. The number of imide groups is 1. The van der Waals surface area contributed by atoms with Crippen LogP contribution < -0.4 is 0 Å². The van der Waals surface area contributed by atoms with E-state index in [0.717, 1.165) is 16.7 Å². The smallest absolute Gasteiger partial charge is 0.289 e. The van der Waals surface area contributed by atoms with Gasteiger partial charge in [-0.2, -0.15) is 8.42 Å². The number of ether oxygens (including phenoxy) is 2. The van der Waals surface area contributed by atoms with Crippen LogP contribution in [-0.4, -0.2) is 69.0 Å². The third-order valence-electron chi connectivity index (χ3n) is 8.64. The van der Waals surface area contributed by atoms with Gasteiger partial charge in [0.25, 0.3) is 21.9 Å². The van der Waals surface area contributed by atoms with E-state index in [2.05, 4.69) is 0 Å². The second-order valence-corrected chi connectivity index (χ2v) is 13.5. The van der Waals surface area contributed by atoms with Crippen LogP contribution in [0.15, 0.2) is 35.2 Å². The third kappa shape index (κ3) is 4.82. The number of Topliss-reactive ketones (excluding diaryl/α,β-unsaturated/α-hetero) is 1. The first-order valence-electron chi connectivity index (χ1n) is 13.2. The number of ketones is 1. The van der Waals surface area contributed by atoms with Crippen molar-refractivity contribution < 1.29 is 36.6 Å². The molecule has 0 saturated heterocycles. The normalized spacial score (nSPS) is 23.8. The fraction of sp³-hybridized carbons (Fsp3) is 0.536. The molecule has 1 heterocycles. The molecule has 1 aliphatic heterocycles. The Kier molecular flexibility index (Phi) is 7.66. The SMILES string of the molecule is CCOCCOCCSc1ccc2c3c(cccc13)C(=O)N(OS(=O)(=O)CC13CCC(CC1=O)C3(C)C)C2=O. The van der Waals surface area contributed by atoms with E-state index in [0.29, 0.717) is 55.5 Å². The number of benzene rings is 2. The Hall–Kier alpha value is -2.31. The first kappa shape index (κ1) is 28.2. The summed E-state index contributed by atoms with van der Waals surface area (Å²) < 4.78 is 42.6. The fourth-order valence-electron chi connectivity index (χ4n) is 6.37. The third-order valence-corrected chi connectivity index (χ3v) is 10.9. The van der Waals surface area contributed by atoms with Crippen molar-refractivity contribution in [2.24, 2.45) is 16.7 Å². The van der Waals surface area contributed by atoms with Gasteiger partial charge in [0, 0.05) is 29.1 Å². The molecule has 11 heteroatoms. The molecule has 39 heavy (non-hydrogen) atoms. The highest BCUT2D eigenvalue weighted by molar-refractivity contribution is 7.99. The Morgan fingerprint density at radius 1 is 1.00 bits per heavy atom. The highest BCUT2D eigenvalue weighted by atomic mass is 32.2. The Balaban J connectivity index is 1.34. The molecule has 0 spiro atoms. The number of rotatable bonds is 12. The molecule has 210 valence electrons. The summed E-state index contributed by atoms with van der Waals surface area (Å²) in [5, 5.41) is 1.53. The monoisotopic (exact) mass is 575 g/mol. The van der Waals surface area contributed by atoms with Gasteiger partial charge in [0.1, 0.15) is 5.78 Å². The standard InChI is InChI=1S/C28H33NO8S2/c1-4-35-12-13-36-14-15-38-22-9-8-21-24-19(22)6-5-7-20(24)25(31)29(26(21)32)37-39(33,34)17-28-11-10-18(16-23(28)30)27(28,2)3/h5-9,18H,4,10-17H2,1-3H3. The van der Waals surface area contributed by atoms with Gasteiger partial charge in [0.05, 0.1) is 42.1 Å². The molecule has 0 N–H and O–H groups in total. The maximum Gasteiger partial charge on any atom is 0.289 e. The average Bonchev–Trinajstić information content (AvgIpc) is 3.23. The van der Waals surface area contributed by atoms with Crippen LogP contribution in [0.1, 0.15) is 60.7 Å². The lowest BCUT2D eigenvalue weighted by Gasteiger charge is -2.36. The van der Waals surface area contributed by atoms with Crippen LogP contribution in [0.2, 0.25) is 0 Å². The van der Waals surface area contributed by atoms with Crippen LogP contribution in [0.5, 0.6) is 0 Å². The van der Waals surface area contributed by atoms with Crippen molar-refractivity contribution in [3.05, 3.63) is 41.5 Å². The molecule has 9 nitrogen and oxygen atoms in total. The minimum atomic E-state index is -4.45. The molecule has 5 rings (SSSR count). The minimum Gasteiger partial charge on any atom is -0.379 e. The van der Waals surface area contributed by atoms with Gasteiger partial charge < -0.3 is 9.47 Å². The molecule has 0 radical (unpaired) electrons. The van der Waals surface area contributed by atoms with Crippen molar-refractivity contribution in [2.75, 3.05) is 37.9 Å². The van der Waals surface area contributed by atoms with E-state index in [1.54, 1.807) is 36.0 Å². The summed E-state index contributed by atoms with van der Waals surface area (Å²) in [5.74, 6) is -1.55. The van der Waals surface area contributed by atoms with Crippen LogP contribution in [0.4, 0.5) is 0 Å². The molecular weight excluding hydrogens is 542 g/mol. The summed E-state index contributed by atoms with van der Waals surface area (Å²) in [6.07, 6.45) is 1.57. The molecule has 2 saturated carbocycles. The van der Waals surface area contributed by atoms with E-state index >= 15 is 0 Å². The number of thioether (sulfide) groups is 1. The summed E-state index contributed by atoms with van der Waals surface area (Å²) in [7, 11) is -4.45. The summed E-state index contributed by atoms with van der Waals surface area (Å²) >= 11 is 1.54. The zero-order valence-corrected chi connectivity index (χ0v) is 24.0. The van der Waals surface area contributed by atoms with Crippen molar-refractivity contribution >= 4 is 50.3 Å². The molecule has 2 unspecified atom stereocenters. The topological polar surface area (TPSA) is 116 Å². The Labute approximate surface area is 232 Å². The van der Waals surface area contributed by atoms with Crippen molar-refractivity contribution in [1.29, 1.82) is 0 Å². The number of hydrogen-bond donors (Lipinski definition) is 0. The number of amides is 2. The van der Waals surface area contributed by atoms with Crippen LogP contribution >= 0.6 is 11.8 Å². The average molecular weight is 576 g/mol. The van der Waals surface area contributed by atoms with Crippen LogP contribution in [0, 0.1) is 16.7 Å². The van der Waals surface area contributed by atoms with Gasteiger partial charge in [0.2, 0.25) is 0 Å². The molecule has 2 bridgehead atoms. The Bertz CT molecular complexity index is 1410. The maximum atomic E-state index is 13.4. The number of carbonyl (C=O) groups is 3. The molecule has 2 aliphatic carbocycles. The van der Waals surface area contributed by atoms with Gasteiger partial charge in [-0.15, -0.1) is 21.1 Å². The number of fused-ring (bicyclic) bond motifs is 2. The lowest BCUT2D eigenvalue weighted by molar-refractivity contribution is -0.128. The van der Waals surface area contributed by atoms with Gasteiger partial charge in [0.15, 0.2) is 0 Å². The molecule has 2 aromatic carbocycles. The summed E-state index contributed by atoms with van der Waals surface area (Å²) in [6.45, 7) is 7.96. The van der Waals surface area contributed by atoms with E-state index in [-0.39, 0.29) is 22.8 Å². The summed E-state index contributed by atoms with van der Waals surface area (Å²) in [4.78, 5) is 40.5. The second-order valence-electron chi connectivity index (χ2n) is 10.8. The van der Waals surface area contributed by atoms with Crippen molar-refractivity contribution in [3.63, 3.8) is 0 Å². The van der Waals surface area contributed by atoms with Gasteiger partial charge in [-0.25, -0.2) is 0 Å². The van der Waals surface area contributed by atoms with Gasteiger partial charge in [-0.1, -0.05) is 26.0 Å². The van der Waals surface area contributed by atoms with E-state index in [1.807, 2.05) is 26.8 Å². The predicted molar refractivity (Wildman–Crippen MR) is 146 cm³/mol. The van der Waals surface area contributed by atoms with E-state index in [9.17, 15) is 22.8 Å². The highest BCUT2D eigenvalue weighted by Gasteiger charge is 2.65. The molecular formula is C28H33NO8S2.